The number of rotatable bonds is 4. The van der Waals surface area contributed by atoms with Gasteiger partial charge in [-0.1, -0.05) is 29.8 Å². The molecular weight excluding hydrogens is 278 g/mol. The molecule has 2 aromatic carbocycles. The van der Waals surface area contributed by atoms with Crippen molar-refractivity contribution in [3.05, 3.63) is 64.2 Å². The van der Waals surface area contributed by atoms with Crippen molar-refractivity contribution in [1.82, 2.24) is 0 Å². The Labute approximate surface area is 120 Å². The van der Waals surface area contributed by atoms with Crippen molar-refractivity contribution in [2.75, 3.05) is 0 Å². The number of nitrogens with zero attached hydrogens (tertiary/aromatic N) is 1. The number of halogens is 1. The van der Waals surface area contributed by atoms with Gasteiger partial charge in [0.05, 0.1) is 11.1 Å². The van der Waals surface area contributed by atoms with E-state index in [1.54, 1.807) is 30.3 Å². The van der Waals surface area contributed by atoms with Gasteiger partial charge >= 0.3 is 5.97 Å². The third-order valence-electron chi connectivity index (χ3n) is 2.70. The Morgan fingerprint density at radius 3 is 2.75 bits per heavy atom. The van der Waals surface area contributed by atoms with E-state index in [-0.39, 0.29) is 12.2 Å². The highest BCUT2D eigenvalue weighted by Crippen LogP contribution is 2.24. The summed E-state index contributed by atoms with van der Waals surface area (Å²) in [7, 11) is 0. The molecule has 0 atom stereocenters. The van der Waals surface area contributed by atoms with Crippen LogP contribution in [0.15, 0.2) is 42.5 Å². The summed E-state index contributed by atoms with van der Waals surface area (Å²) in [4.78, 5) is 11.1. The van der Waals surface area contributed by atoms with E-state index in [4.69, 9.17) is 26.7 Å². The number of carboxylic acids is 1. The van der Waals surface area contributed by atoms with Crippen molar-refractivity contribution in [3.8, 4) is 11.8 Å². The summed E-state index contributed by atoms with van der Waals surface area (Å²) in [6.07, 6.45) is 0. The number of aromatic carboxylic acids is 1. The van der Waals surface area contributed by atoms with E-state index in [2.05, 4.69) is 0 Å². The van der Waals surface area contributed by atoms with E-state index in [0.717, 1.165) is 0 Å². The Hall–Kier alpha value is -2.51. The topological polar surface area (TPSA) is 70.3 Å². The number of ether oxygens (including phenoxy) is 1. The van der Waals surface area contributed by atoms with Gasteiger partial charge in [-0.3, -0.25) is 0 Å². The molecule has 0 spiro atoms. The predicted molar refractivity (Wildman–Crippen MR) is 73.9 cm³/mol. The summed E-state index contributed by atoms with van der Waals surface area (Å²) in [6.45, 7) is 0.0531. The standard InChI is InChI=1S/C15H10ClNO3/c16-12-6-5-10(8-17)14(7-12)20-9-11-3-1-2-4-13(11)15(18)19/h1-7H,9H2,(H,18,19). The minimum Gasteiger partial charge on any atom is -0.487 e. The van der Waals surface area contributed by atoms with E-state index in [0.29, 0.717) is 21.9 Å². The molecular formula is C15H10ClNO3. The fourth-order valence-electron chi connectivity index (χ4n) is 1.72. The molecule has 0 fully saturated rings. The average Bonchev–Trinajstić information content (AvgIpc) is 2.45. The number of carbonyl (C=O) groups is 1. The summed E-state index contributed by atoms with van der Waals surface area (Å²) >= 11 is 5.85. The second-order valence-corrected chi connectivity index (χ2v) is 4.44. The first-order chi connectivity index (χ1) is 9.61. The van der Waals surface area contributed by atoms with Gasteiger partial charge < -0.3 is 9.84 Å². The highest BCUT2D eigenvalue weighted by molar-refractivity contribution is 6.30. The first kappa shape index (κ1) is 13.9. The normalized spacial score (nSPS) is 9.80. The molecule has 0 heterocycles. The molecule has 0 aromatic heterocycles. The molecule has 5 heteroatoms. The van der Waals surface area contributed by atoms with Gasteiger partial charge in [0.25, 0.3) is 0 Å². The van der Waals surface area contributed by atoms with Crippen molar-refractivity contribution >= 4 is 17.6 Å². The highest BCUT2D eigenvalue weighted by atomic mass is 35.5. The van der Waals surface area contributed by atoms with Crippen LogP contribution in [0.4, 0.5) is 0 Å². The smallest absolute Gasteiger partial charge is 0.336 e. The molecule has 0 unspecified atom stereocenters. The molecule has 100 valence electrons. The summed E-state index contributed by atoms with van der Waals surface area (Å²) in [6, 6.07) is 13.2. The first-order valence-electron chi connectivity index (χ1n) is 5.75. The van der Waals surface area contributed by atoms with Crippen LogP contribution in [-0.4, -0.2) is 11.1 Å². The lowest BCUT2D eigenvalue weighted by atomic mass is 10.1. The largest absolute Gasteiger partial charge is 0.487 e. The number of hydrogen-bond acceptors (Lipinski definition) is 3. The highest BCUT2D eigenvalue weighted by Gasteiger charge is 2.11. The molecule has 0 saturated carbocycles. The number of nitriles is 1. The summed E-state index contributed by atoms with van der Waals surface area (Å²) < 4.78 is 5.52. The second kappa shape index (κ2) is 6.09. The van der Waals surface area contributed by atoms with Gasteiger partial charge in [-0.2, -0.15) is 5.26 Å². The van der Waals surface area contributed by atoms with Crippen molar-refractivity contribution in [2.24, 2.45) is 0 Å². The minimum atomic E-state index is -1.02. The van der Waals surface area contributed by atoms with Gasteiger partial charge in [0.2, 0.25) is 0 Å². The molecule has 20 heavy (non-hydrogen) atoms. The van der Waals surface area contributed by atoms with E-state index >= 15 is 0 Å². The molecule has 0 saturated heterocycles. The molecule has 0 aliphatic rings. The second-order valence-electron chi connectivity index (χ2n) is 4.00. The molecule has 2 rings (SSSR count). The van der Waals surface area contributed by atoms with E-state index in [9.17, 15) is 4.79 Å². The van der Waals surface area contributed by atoms with Crippen LogP contribution in [0.5, 0.6) is 5.75 Å². The molecule has 0 bridgehead atoms. The van der Waals surface area contributed by atoms with E-state index < -0.39 is 5.97 Å². The summed E-state index contributed by atoms with van der Waals surface area (Å²) in [5.74, 6) is -0.684. The molecule has 0 amide bonds. The summed E-state index contributed by atoms with van der Waals surface area (Å²) in [5.41, 5.74) is 1.05. The zero-order valence-electron chi connectivity index (χ0n) is 10.3. The molecule has 0 aliphatic carbocycles. The fraction of sp³-hybridized carbons (Fsp3) is 0.0667. The Bertz CT molecular complexity index is 692. The van der Waals surface area contributed by atoms with Gasteiger partial charge in [-0.05, 0) is 18.2 Å². The SMILES string of the molecule is N#Cc1ccc(Cl)cc1OCc1ccccc1C(=O)O. The quantitative estimate of drug-likeness (QED) is 0.934. The van der Waals surface area contributed by atoms with Crippen LogP contribution in [-0.2, 0) is 6.61 Å². The van der Waals surface area contributed by atoms with Crippen molar-refractivity contribution in [1.29, 1.82) is 5.26 Å². The van der Waals surface area contributed by atoms with E-state index in [1.165, 1.54) is 12.1 Å². The van der Waals surface area contributed by atoms with Crippen LogP contribution >= 0.6 is 11.6 Å². The Morgan fingerprint density at radius 1 is 1.30 bits per heavy atom. The number of hydrogen-bond donors (Lipinski definition) is 1. The van der Waals surface area contributed by atoms with Gasteiger partial charge in [-0.25, -0.2) is 4.79 Å². The zero-order valence-corrected chi connectivity index (χ0v) is 11.1. The number of carboxylic acid groups (broad SMARTS) is 1. The van der Waals surface area contributed by atoms with Gasteiger partial charge in [-0.15, -0.1) is 0 Å². The third kappa shape index (κ3) is 3.08. The molecule has 0 aliphatic heterocycles. The maximum atomic E-state index is 11.1. The number of benzene rings is 2. The van der Waals surface area contributed by atoms with Crippen LogP contribution in [0.1, 0.15) is 21.5 Å². The van der Waals surface area contributed by atoms with E-state index in [1.807, 2.05) is 6.07 Å². The molecule has 0 radical (unpaired) electrons. The lowest BCUT2D eigenvalue weighted by Crippen LogP contribution is -2.05. The average molecular weight is 288 g/mol. The molecule has 4 nitrogen and oxygen atoms in total. The van der Waals surface area contributed by atoms with Crippen molar-refractivity contribution in [3.63, 3.8) is 0 Å². The van der Waals surface area contributed by atoms with Gasteiger partial charge in [0.1, 0.15) is 18.4 Å². The van der Waals surface area contributed by atoms with Crippen LogP contribution in [0.3, 0.4) is 0 Å². The lowest BCUT2D eigenvalue weighted by Gasteiger charge is -2.10. The van der Waals surface area contributed by atoms with Crippen molar-refractivity contribution in [2.45, 2.75) is 6.61 Å². The minimum absolute atomic E-state index is 0.0531. The van der Waals surface area contributed by atoms with Crippen LogP contribution in [0.25, 0.3) is 0 Å². The molecule has 1 N–H and O–H groups in total. The predicted octanol–water partition coefficient (Wildman–Crippen LogP) is 3.49. The maximum Gasteiger partial charge on any atom is 0.336 e. The Morgan fingerprint density at radius 2 is 2.05 bits per heavy atom. The summed E-state index contributed by atoms with van der Waals surface area (Å²) in [5, 5.41) is 18.5. The monoisotopic (exact) mass is 287 g/mol. The fourth-order valence-corrected chi connectivity index (χ4v) is 1.88. The molecule has 2 aromatic rings. The maximum absolute atomic E-state index is 11.1. The Balaban J connectivity index is 2.24. The van der Waals surface area contributed by atoms with Gasteiger partial charge in [0, 0.05) is 16.7 Å². The van der Waals surface area contributed by atoms with Gasteiger partial charge in [0.15, 0.2) is 0 Å². The van der Waals surface area contributed by atoms with Crippen LogP contribution in [0, 0.1) is 11.3 Å². The lowest BCUT2D eigenvalue weighted by molar-refractivity contribution is 0.0694. The Kier molecular flexibility index (Phi) is 4.24. The first-order valence-corrected chi connectivity index (χ1v) is 6.13. The zero-order chi connectivity index (χ0) is 14.5. The third-order valence-corrected chi connectivity index (χ3v) is 2.93. The van der Waals surface area contributed by atoms with Crippen LogP contribution in [0.2, 0.25) is 5.02 Å². The van der Waals surface area contributed by atoms with Crippen LogP contribution < -0.4 is 4.74 Å². The van der Waals surface area contributed by atoms with Crippen molar-refractivity contribution < 1.29 is 14.6 Å².